The second-order valence-corrected chi connectivity index (χ2v) is 10.1. The Morgan fingerprint density at radius 2 is 1.97 bits per heavy atom. The molecule has 0 bridgehead atoms. The number of nitrogens with zero attached hydrogens (tertiary/aromatic N) is 6. The summed E-state index contributed by atoms with van der Waals surface area (Å²) in [6, 6.07) is 2.89. The third-order valence-corrected chi connectivity index (χ3v) is 7.03. The highest BCUT2D eigenvalue weighted by atomic mass is 32.2. The van der Waals surface area contributed by atoms with Crippen LogP contribution in [-0.4, -0.2) is 45.6 Å². The Morgan fingerprint density at radius 3 is 2.59 bits per heavy atom. The Kier molecular flexibility index (Phi) is 8.03. The molecule has 1 aliphatic carbocycles. The van der Waals surface area contributed by atoms with Crippen LogP contribution in [0.15, 0.2) is 48.0 Å². The van der Waals surface area contributed by atoms with Crippen LogP contribution >= 0.6 is 0 Å². The smallest absolute Gasteiger partial charge is 0.275 e. The summed E-state index contributed by atoms with van der Waals surface area (Å²) in [5.74, 6) is 1.08. The molecule has 3 aromatic heterocycles. The van der Waals surface area contributed by atoms with Crippen LogP contribution in [0.5, 0.6) is 0 Å². The van der Waals surface area contributed by atoms with E-state index in [4.69, 9.17) is 4.98 Å². The highest BCUT2D eigenvalue weighted by Gasteiger charge is 2.31. The molecule has 1 amide bonds. The van der Waals surface area contributed by atoms with Crippen LogP contribution in [0.25, 0.3) is 11.4 Å². The van der Waals surface area contributed by atoms with E-state index in [1.54, 1.807) is 23.5 Å². The van der Waals surface area contributed by atoms with Crippen molar-refractivity contribution in [3.63, 3.8) is 0 Å². The van der Waals surface area contributed by atoms with E-state index >= 15 is 0 Å². The Bertz CT molecular complexity index is 1340. The third-order valence-electron chi connectivity index (χ3n) is 6.41. The molecule has 0 saturated heterocycles. The summed E-state index contributed by atoms with van der Waals surface area (Å²) in [6.07, 6.45) is 7.44. The van der Waals surface area contributed by atoms with E-state index < -0.39 is 11.1 Å². The Labute approximate surface area is 219 Å². The van der Waals surface area contributed by atoms with E-state index in [0.717, 1.165) is 35.4 Å². The third kappa shape index (κ3) is 5.89. The maximum atomic E-state index is 13.6. The number of carbonyl (C=O) groups is 1. The topological polar surface area (TPSA) is 137 Å². The number of hydrogen-bond donors (Lipinski definition) is 1. The van der Waals surface area contributed by atoms with Crippen molar-refractivity contribution in [2.45, 2.75) is 70.4 Å². The molecule has 1 fully saturated rings. The zero-order valence-corrected chi connectivity index (χ0v) is 22.2. The van der Waals surface area contributed by atoms with Crippen LogP contribution in [0.2, 0.25) is 0 Å². The standard InChI is InChI=1S/C26H31N7O3S/c1-6-16(3)33(26(34)18(5)27-12-20-9-10-21(13-28-20)37(35)36)25-15(2)11-29-24(32-25)22-17(4)30-14-31-23(22)19-7-8-19/h9-11,13-14,16,19,27H,5-8,12H2,1-4H3,(H,35,36)/p-1/t16-/m0/s1. The minimum Gasteiger partial charge on any atom is -0.768 e. The van der Waals surface area contributed by atoms with Crippen LogP contribution in [0.1, 0.15) is 61.7 Å². The SMILES string of the molecule is C=C(NCc1ccc(S(=O)[O-])cn1)C(=O)N(c1nc(-c2c(C)ncnc2C2CC2)ncc1C)[C@@H](C)CC. The molecule has 1 aliphatic rings. The molecule has 11 heteroatoms. The van der Waals surface area contributed by atoms with Gasteiger partial charge >= 0.3 is 0 Å². The quantitative estimate of drug-likeness (QED) is 0.314. The van der Waals surface area contributed by atoms with Gasteiger partial charge in [-0.05, 0) is 63.2 Å². The molecule has 1 saturated carbocycles. The summed E-state index contributed by atoms with van der Waals surface area (Å²) in [7, 11) is 0. The predicted octanol–water partition coefficient (Wildman–Crippen LogP) is 3.50. The van der Waals surface area contributed by atoms with Crippen molar-refractivity contribution in [1.82, 2.24) is 30.2 Å². The number of nitrogens with one attached hydrogen (secondary N) is 1. The number of anilines is 1. The van der Waals surface area contributed by atoms with Gasteiger partial charge in [0.2, 0.25) is 0 Å². The van der Waals surface area contributed by atoms with Gasteiger partial charge in [0.15, 0.2) is 5.82 Å². The summed E-state index contributed by atoms with van der Waals surface area (Å²) in [5, 5.41) is 3.02. The molecule has 10 nitrogen and oxygen atoms in total. The Morgan fingerprint density at radius 1 is 1.22 bits per heavy atom. The lowest BCUT2D eigenvalue weighted by Crippen LogP contribution is -2.43. The first-order valence-corrected chi connectivity index (χ1v) is 13.2. The molecule has 0 spiro atoms. The zero-order valence-electron chi connectivity index (χ0n) is 21.4. The summed E-state index contributed by atoms with van der Waals surface area (Å²) in [5.41, 5.74) is 4.10. The van der Waals surface area contributed by atoms with Crippen molar-refractivity contribution in [3.8, 4) is 11.4 Å². The number of hydrogen-bond acceptors (Lipinski definition) is 9. The highest BCUT2D eigenvalue weighted by molar-refractivity contribution is 7.79. The van der Waals surface area contributed by atoms with Gasteiger partial charge in [-0.1, -0.05) is 13.5 Å². The molecule has 3 heterocycles. The monoisotopic (exact) mass is 520 g/mol. The van der Waals surface area contributed by atoms with E-state index in [9.17, 15) is 13.6 Å². The molecule has 0 aliphatic heterocycles. The summed E-state index contributed by atoms with van der Waals surface area (Å²) >= 11 is -2.34. The first kappa shape index (κ1) is 26.5. The fourth-order valence-electron chi connectivity index (χ4n) is 3.95. The second-order valence-electron chi connectivity index (χ2n) is 9.18. The van der Waals surface area contributed by atoms with Gasteiger partial charge in [-0.15, -0.1) is 0 Å². The van der Waals surface area contributed by atoms with Gasteiger partial charge in [0.1, 0.15) is 12.1 Å². The molecule has 3 aromatic rings. The molecular weight excluding hydrogens is 490 g/mol. The van der Waals surface area contributed by atoms with Gasteiger partial charge in [0, 0.05) is 34.8 Å². The van der Waals surface area contributed by atoms with Gasteiger partial charge in [0.25, 0.3) is 5.91 Å². The first-order valence-electron chi connectivity index (χ1n) is 12.2. The molecule has 37 heavy (non-hydrogen) atoms. The van der Waals surface area contributed by atoms with Crippen LogP contribution < -0.4 is 10.2 Å². The molecule has 4 rings (SSSR count). The molecular formula is C26H30N7O3S-. The van der Waals surface area contributed by atoms with Gasteiger partial charge in [-0.25, -0.2) is 19.9 Å². The number of carbonyl (C=O) groups excluding carboxylic acids is 1. The summed E-state index contributed by atoms with van der Waals surface area (Å²) in [4.78, 5) is 37.8. The van der Waals surface area contributed by atoms with E-state index in [2.05, 4.69) is 31.8 Å². The number of rotatable bonds is 10. The lowest BCUT2D eigenvalue weighted by Gasteiger charge is -2.30. The van der Waals surface area contributed by atoms with Crippen molar-refractivity contribution in [2.75, 3.05) is 4.90 Å². The van der Waals surface area contributed by atoms with Gasteiger partial charge in [-0.3, -0.25) is 18.9 Å². The minimum atomic E-state index is -2.34. The van der Waals surface area contributed by atoms with E-state index in [0.29, 0.717) is 29.7 Å². The maximum Gasteiger partial charge on any atom is 0.275 e. The van der Waals surface area contributed by atoms with E-state index in [-0.39, 0.29) is 29.1 Å². The number of pyridine rings is 1. The van der Waals surface area contributed by atoms with Crippen LogP contribution in [-0.2, 0) is 22.4 Å². The van der Waals surface area contributed by atoms with Crippen molar-refractivity contribution in [1.29, 1.82) is 0 Å². The van der Waals surface area contributed by atoms with Crippen molar-refractivity contribution in [3.05, 3.63) is 65.8 Å². The lowest BCUT2D eigenvalue weighted by molar-refractivity contribution is -0.116. The maximum absolute atomic E-state index is 13.6. The second kappa shape index (κ2) is 11.2. The van der Waals surface area contributed by atoms with Crippen molar-refractivity contribution >= 4 is 22.8 Å². The van der Waals surface area contributed by atoms with E-state index in [1.807, 2.05) is 27.7 Å². The normalized spacial score (nSPS) is 14.6. The van der Waals surface area contributed by atoms with Crippen LogP contribution in [0.3, 0.4) is 0 Å². The lowest BCUT2D eigenvalue weighted by atomic mass is 10.1. The zero-order chi connectivity index (χ0) is 26.7. The largest absolute Gasteiger partial charge is 0.768 e. The molecule has 194 valence electrons. The molecule has 2 atom stereocenters. The molecule has 0 radical (unpaired) electrons. The van der Waals surface area contributed by atoms with Crippen LogP contribution in [0.4, 0.5) is 5.82 Å². The molecule has 0 aromatic carbocycles. The molecule has 1 unspecified atom stereocenters. The minimum absolute atomic E-state index is 0.0977. The van der Waals surface area contributed by atoms with Crippen molar-refractivity contribution < 1.29 is 13.6 Å². The average molecular weight is 521 g/mol. The van der Waals surface area contributed by atoms with Gasteiger partial charge in [0.05, 0.1) is 34.9 Å². The van der Waals surface area contributed by atoms with E-state index in [1.165, 1.54) is 12.3 Å². The summed E-state index contributed by atoms with van der Waals surface area (Å²) < 4.78 is 22.1. The fourth-order valence-corrected chi connectivity index (χ4v) is 4.27. The highest BCUT2D eigenvalue weighted by Crippen LogP contribution is 2.43. The summed E-state index contributed by atoms with van der Waals surface area (Å²) in [6.45, 7) is 11.9. The first-order chi connectivity index (χ1) is 17.7. The van der Waals surface area contributed by atoms with Crippen LogP contribution in [0, 0.1) is 13.8 Å². The Hall–Kier alpha value is -3.57. The number of aryl methyl sites for hydroxylation is 2. The van der Waals surface area contributed by atoms with Crippen molar-refractivity contribution in [2.24, 2.45) is 0 Å². The Balaban J connectivity index is 1.61. The van der Waals surface area contributed by atoms with Gasteiger partial charge < -0.3 is 9.87 Å². The number of aromatic nitrogens is 5. The van der Waals surface area contributed by atoms with Gasteiger partial charge in [-0.2, -0.15) is 0 Å². The fraction of sp³-hybridized carbons (Fsp3) is 0.385. The molecule has 1 N–H and O–H groups in total. The number of amides is 1. The predicted molar refractivity (Wildman–Crippen MR) is 139 cm³/mol. The average Bonchev–Trinajstić information content (AvgIpc) is 3.74.